The summed E-state index contributed by atoms with van der Waals surface area (Å²) in [6.45, 7) is 5.62. The molecule has 1 aromatic carbocycles. The number of benzene rings is 1. The second kappa shape index (κ2) is 4.86. The summed E-state index contributed by atoms with van der Waals surface area (Å²) in [6, 6.07) is 8.60. The first-order valence-corrected chi connectivity index (χ1v) is 6.59. The molecule has 1 aliphatic rings. The Kier molecular flexibility index (Phi) is 3.67. The molecule has 2 nitrogen and oxygen atoms in total. The molecule has 1 atom stereocenters. The molecule has 0 radical (unpaired) electrons. The minimum atomic E-state index is 0.0645. The number of halogens is 1. The first-order chi connectivity index (χ1) is 7.60. The van der Waals surface area contributed by atoms with Gasteiger partial charge in [0.2, 0.25) is 0 Å². The summed E-state index contributed by atoms with van der Waals surface area (Å²) < 4.78 is 1.15. The van der Waals surface area contributed by atoms with Crippen molar-refractivity contribution in [2.45, 2.75) is 18.9 Å². The van der Waals surface area contributed by atoms with Gasteiger partial charge in [-0.3, -0.25) is 0 Å². The van der Waals surface area contributed by atoms with Crippen molar-refractivity contribution in [1.82, 2.24) is 10.2 Å². The molecule has 1 unspecified atom stereocenters. The molecular formula is C13H19BrN2. The Bertz CT molecular complexity index is 367. The Morgan fingerprint density at radius 2 is 2.25 bits per heavy atom. The van der Waals surface area contributed by atoms with Crippen LogP contribution in [0, 0.1) is 0 Å². The van der Waals surface area contributed by atoms with Crippen LogP contribution >= 0.6 is 15.9 Å². The molecule has 1 heterocycles. The largest absolute Gasteiger partial charge is 0.307 e. The highest BCUT2D eigenvalue weighted by Crippen LogP contribution is 2.25. The average Bonchev–Trinajstić information content (AvgIpc) is 2.41. The number of hydrogen-bond donors (Lipinski definition) is 1. The lowest BCUT2D eigenvalue weighted by molar-refractivity contribution is 0.259. The Morgan fingerprint density at radius 1 is 1.44 bits per heavy atom. The van der Waals surface area contributed by atoms with Gasteiger partial charge in [-0.15, -0.1) is 0 Å². The summed E-state index contributed by atoms with van der Waals surface area (Å²) in [4.78, 5) is 2.40. The highest BCUT2D eigenvalue weighted by molar-refractivity contribution is 9.10. The lowest BCUT2D eigenvalue weighted by Gasteiger charge is -2.32. The van der Waals surface area contributed by atoms with Gasteiger partial charge in [-0.25, -0.2) is 0 Å². The van der Waals surface area contributed by atoms with Crippen LogP contribution in [0.1, 0.15) is 18.9 Å². The smallest absolute Gasteiger partial charge is 0.0535 e. The Labute approximate surface area is 106 Å². The van der Waals surface area contributed by atoms with Gasteiger partial charge in [0.1, 0.15) is 0 Å². The highest BCUT2D eigenvalue weighted by atomic mass is 79.9. The summed E-state index contributed by atoms with van der Waals surface area (Å²) in [5.74, 6) is 0. The van der Waals surface area contributed by atoms with Gasteiger partial charge in [0.15, 0.2) is 0 Å². The molecule has 1 N–H and O–H groups in total. The fourth-order valence-electron chi connectivity index (χ4n) is 2.41. The molecule has 0 saturated carbocycles. The van der Waals surface area contributed by atoms with Crippen molar-refractivity contribution in [3.8, 4) is 0 Å². The molecule has 1 aliphatic heterocycles. The highest BCUT2D eigenvalue weighted by Gasteiger charge is 2.29. The van der Waals surface area contributed by atoms with E-state index in [9.17, 15) is 0 Å². The van der Waals surface area contributed by atoms with Gasteiger partial charge in [0.25, 0.3) is 0 Å². The van der Waals surface area contributed by atoms with Crippen LogP contribution in [0.2, 0.25) is 0 Å². The predicted octanol–water partition coefficient (Wildman–Crippen LogP) is 2.59. The number of nitrogens with zero attached hydrogens (tertiary/aromatic N) is 1. The van der Waals surface area contributed by atoms with Crippen LogP contribution in [0.25, 0.3) is 0 Å². The first-order valence-electron chi connectivity index (χ1n) is 5.80. The minimum absolute atomic E-state index is 0.0645. The van der Waals surface area contributed by atoms with Crippen LogP contribution in [0.4, 0.5) is 0 Å². The monoisotopic (exact) mass is 282 g/mol. The quantitative estimate of drug-likeness (QED) is 0.852. The molecule has 0 aromatic heterocycles. The lowest BCUT2D eigenvalue weighted by Crippen LogP contribution is -2.45. The van der Waals surface area contributed by atoms with Crippen LogP contribution in [0.3, 0.4) is 0 Å². The number of hydrogen-bond acceptors (Lipinski definition) is 2. The second-order valence-corrected chi connectivity index (χ2v) is 5.78. The van der Waals surface area contributed by atoms with E-state index in [1.807, 2.05) is 0 Å². The lowest BCUT2D eigenvalue weighted by atomic mass is 9.92. The average molecular weight is 283 g/mol. The van der Waals surface area contributed by atoms with E-state index in [1.165, 1.54) is 18.5 Å². The van der Waals surface area contributed by atoms with Gasteiger partial charge in [-0.1, -0.05) is 28.1 Å². The molecule has 0 spiro atoms. The molecule has 1 aromatic rings. The van der Waals surface area contributed by atoms with E-state index >= 15 is 0 Å². The molecule has 3 heteroatoms. The van der Waals surface area contributed by atoms with Gasteiger partial charge < -0.3 is 10.2 Å². The van der Waals surface area contributed by atoms with Crippen molar-refractivity contribution in [3.05, 3.63) is 34.3 Å². The molecule has 1 fully saturated rings. The third-order valence-corrected chi connectivity index (χ3v) is 3.77. The molecule has 2 rings (SSSR count). The van der Waals surface area contributed by atoms with Gasteiger partial charge in [-0.2, -0.15) is 0 Å². The van der Waals surface area contributed by atoms with Gasteiger partial charge in [0.05, 0.1) is 5.54 Å². The zero-order valence-corrected chi connectivity index (χ0v) is 11.5. The van der Waals surface area contributed by atoms with Crippen molar-refractivity contribution in [2.24, 2.45) is 0 Å². The molecule has 88 valence electrons. The van der Waals surface area contributed by atoms with E-state index in [0.717, 1.165) is 17.6 Å². The predicted molar refractivity (Wildman–Crippen MR) is 71.6 cm³/mol. The van der Waals surface area contributed by atoms with E-state index in [-0.39, 0.29) is 5.54 Å². The van der Waals surface area contributed by atoms with Crippen LogP contribution in [-0.2, 0) is 5.54 Å². The molecule has 0 aliphatic carbocycles. The molecule has 16 heavy (non-hydrogen) atoms. The zero-order valence-electron chi connectivity index (χ0n) is 9.96. The summed E-state index contributed by atoms with van der Waals surface area (Å²) in [5.41, 5.74) is 1.42. The number of likely N-dealkylation sites (N-methyl/N-ethyl adjacent to an activating group) is 1. The van der Waals surface area contributed by atoms with Crippen molar-refractivity contribution in [1.29, 1.82) is 0 Å². The number of rotatable bonds is 1. The van der Waals surface area contributed by atoms with Crippen LogP contribution in [0.5, 0.6) is 0 Å². The maximum Gasteiger partial charge on any atom is 0.0535 e. The SMILES string of the molecule is CN1CCCNC(C)(c2cccc(Br)c2)C1. The third-order valence-electron chi connectivity index (χ3n) is 3.28. The van der Waals surface area contributed by atoms with Crippen LogP contribution in [-0.4, -0.2) is 31.6 Å². The Morgan fingerprint density at radius 3 is 3.00 bits per heavy atom. The summed E-state index contributed by atoms with van der Waals surface area (Å²) >= 11 is 3.55. The molecule has 0 bridgehead atoms. The summed E-state index contributed by atoms with van der Waals surface area (Å²) in [7, 11) is 2.20. The van der Waals surface area contributed by atoms with Crippen molar-refractivity contribution in [2.75, 3.05) is 26.7 Å². The molecular weight excluding hydrogens is 264 g/mol. The Hall–Kier alpha value is -0.380. The van der Waals surface area contributed by atoms with Crippen molar-refractivity contribution < 1.29 is 0 Å². The van der Waals surface area contributed by atoms with Crippen molar-refractivity contribution >= 4 is 15.9 Å². The fourth-order valence-corrected chi connectivity index (χ4v) is 2.81. The minimum Gasteiger partial charge on any atom is -0.307 e. The maximum absolute atomic E-state index is 3.67. The van der Waals surface area contributed by atoms with Crippen molar-refractivity contribution in [3.63, 3.8) is 0 Å². The standard InChI is InChI=1S/C13H19BrN2/c1-13(10-16(2)8-4-7-15-13)11-5-3-6-12(14)9-11/h3,5-6,9,15H,4,7-8,10H2,1-2H3. The number of nitrogens with one attached hydrogen (secondary N) is 1. The molecule has 1 saturated heterocycles. The van der Waals surface area contributed by atoms with E-state index in [1.54, 1.807) is 0 Å². The van der Waals surface area contributed by atoms with Crippen LogP contribution in [0.15, 0.2) is 28.7 Å². The molecule has 0 amide bonds. The maximum atomic E-state index is 3.67. The normalized spacial score (nSPS) is 27.7. The van der Waals surface area contributed by atoms with E-state index in [0.29, 0.717) is 0 Å². The topological polar surface area (TPSA) is 15.3 Å². The van der Waals surface area contributed by atoms with E-state index in [2.05, 4.69) is 64.4 Å². The summed E-state index contributed by atoms with van der Waals surface area (Å²) in [5, 5.41) is 3.67. The zero-order chi connectivity index (χ0) is 11.6. The fraction of sp³-hybridized carbons (Fsp3) is 0.538. The van der Waals surface area contributed by atoms with E-state index < -0.39 is 0 Å². The van der Waals surface area contributed by atoms with E-state index in [4.69, 9.17) is 0 Å². The Balaban J connectivity index is 2.28. The second-order valence-electron chi connectivity index (χ2n) is 4.86. The van der Waals surface area contributed by atoms with Gasteiger partial charge in [0, 0.05) is 11.0 Å². The first kappa shape index (κ1) is 12.1. The summed E-state index contributed by atoms with van der Waals surface area (Å²) in [6.07, 6.45) is 1.22. The van der Waals surface area contributed by atoms with Crippen LogP contribution < -0.4 is 5.32 Å². The van der Waals surface area contributed by atoms with Gasteiger partial charge >= 0.3 is 0 Å². The van der Waals surface area contributed by atoms with Gasteiger partial charge in [-0.05, 0) is 51.2 Å². The third kappa shape index (κ3) is 2.65.